The molecule has 2 amide bonds. The Morgan fingerprint density at radius 1 is 1.07 bits per heavy atom. The molecule has 0 bridgehead atoms. The molecule has 0 radical (unpaired) electrons. The van der Waals surface area contributed by atoms with Crippen LogP contribution in [0.1, 0.15) is 18.9 Å². The maximum Gasteiger partial charge on any atom is 0.326 e. The van der Waals surface area contributed by atoms with Crippen molar-refractivity contribution in [2.24, 2.45) is 0 Å². The van der Waals surface area contributed by atoms with Gasteiger partial charge in [0.1, 0.15) is 12.1 Å². The number of nitrogens with one attached hydrogen (secondary N) is 2. The number of rotatable bonds is 14. The van der Waals surface area contributed by atoms with E-state index in [1.54, 1.807) is 0 Å². The maximum atomic E-state index is 12.7. The van der Waals surface area contributed by atoms with Gasteiger partial charge in [-0.05, 0) is 36.1 Å². The van der Waals surface area contributed by atoms with E-state index in [-0.39, 0.29) is 12.3 Å². The van der Waals surface area contributed by atoms with Crippen LogP contribution in [-0.2, 0) is 20.8 Å². The van der Waals surface area contributed by atoms with Crippen LogP contribution < -0.4 is 15.5 Å². The minimum absolute atomic E-state index is 0.242. The highest BCUT2D eigenvalue weighted by Gasteiger charge is 2.26. The van der Waals surface area contributed by atoms with Crippen LogP contribution in [0.4, 0.5) is 5.69 Å². The highest BCUT2D eigenvalue weighted by atomic mass is 35.5. The van der Waals surface area contributed by atoms with E-state index in [4.69, 9.17) is 23.2 Å². The summed E-state index contributed by atoms with van der Waals surface area (Å²) in [5.41, 5.74) is 1.80. The molecule has 0 spiro atoms. The first-order valence-corrected chi connectivity index (χ1v) is 12.0. The van der Waals surface area contributed by atoms with Gasteiger partial charge in [-0.3, -0.25) is 9.59 Å². The molecule has 0 saturated carbocycles. The largest absolute Gasteiger partial charge is 0.480 e. The molecule has 0 heterocycles. The van der Waals surface area contributed by atoms with Gasteiger partial charge in [0.05, 0.1) is 0 Å². The van der Waals surface area contributed by atoms with Crippen LogP contribution in [0.15, 0.2) is 24.3 Å². The van der Waals surface area contributed by atoms with Gasteiger partial charge < -0.3 is 20.6 Å². The molecule has 0 aliphatic heterocycles. The van der Waals surface area contributed by atoms with Crippen LogP contribution in [0.3, 0.4) is 0 Å². The van der Waals surface area contributed by atoms with E-state index >= 15 is 0 Å². The standard InChI is InChI=1S/C20H29Cl2N3O4S/c1-14(26)23-18(19(27)24-17(20(28)29)7-12-30-2)13-15-3-5-16(6-4-15)25(10-8-21)11-9-22/h3-6,17-18H,7-13H2,1-2H3,(H,23,26)(H,24,27)(H,28,29)/t17-,18-/m0/s1. The van der Waals surface area contributed by atoms with Crippen LogP contribution in [0, 0.1) is 0 Å². The molecular weight excluding hydrogens is 449 g/mol. The molecule has 3 N–H and O–H groups in total. The average Bonchev–Trinajstić information content (AvgIpc) is 2.70. The highest BCUT2D eigenvalue weighted by Crippen LogP contribution is 2.17. The van der Waals surface area contributed by atoms with Crippen LogP contribution in [0.5, 0.6) is 0 Å². The molecule has 0 saturated heterocycles. The van der Waals surface area contributed by atoms with Gasteiger partial charge in [-0.15, -0.1) is 23.2 Å². The predicted molar refractivity (Wildman–Crippen MR) is 124 cm³/mol. The number of hydrogen-bond acceptors (Lipinski definition) is 5. The number of carboxylic acids is 1. The summed E-state index contributed by atoms with van der Waals surface area (Å²) in [6.07, 6.45) is 2.41. The normalized spacial score (nSPS) is 12.7. The van der Waals surface area contributed by atoms with Crippen molar-refractivity contribution in [1.82, 2.24) is 10.6 Å². The molecule has 0 aliphatic carbocycles. The number of thioether (sulfide) groups is 1. The van der Waals surface area contributed by atoms with Gasteiger partial charge in [0.2, 0.25) is 11.8 Å². The SMILES string of the molecule is CSCC[C@H](NC(=O)[C@H](Cc1ccc(N(CCCl)CCCl)cc1)NC(C)=O)C(=O)O. The smallest absolute Gasteiger partial charge is 0.326 e. The number of hydrogen-bond donors (Lipinski definition) is 3. The molecule has 30 heavy (non-hydrogen) atoms. The summed E-state index contributed by atoms with van der Waals surface area (Å²) in [6, 6.07) is 5.70. The minimum atomic E-state index is -1.10. The molecule has 1 aromatic carbocycles. The van der Waals surface area contributed by atoms with E-state index in [1.807, 2.05) is 30.5 Å². The lowest BCUT2D eigenvalue weighted by Gasteiger charge is -2.24. The highest BCUT2D eigenvalue weighted by molar-refractivity contribution is 7.98. The first-order chi connectivity index (χ1) is 14.3. The van der Waals surface area contributed by atoms with Gasteiger partial charge in [0.15, 0.2) is 0 Å². The summed E-state index contributed by atoms with van der Waals surface area (Å²) in [5, 5.41) is 14.5. The van der Waals surface area contributed by atoms with Crippen LogP contribution >= 0.6 is 35.0 Å². The Morgan fingerprint density at radius 3 is 2.13 bits per heavy atom. The van der Waals surface area contributed by atoms with E-state index in [2.05, 4.69) is 15.5 Å². The molecule has 0 unspecified atom stereocenters. The molecule has 7 nitrogen and oxygen atoms in total. The summed E-state index contributed by atoms with van der Waals surface area (Å²) in [4.78, 5) is 37.7. The third-order valence-electron chi connectivity index (χ3n) is 4.37. The van der Waals surface area contributed by atoms with E-state index in [0.29, 0.717) is 37.0 Å². The third kappa shape index (κ3) is 9.45. The first kappa shape index (κ1) is 26.4. The molecule has 0 aromatic heterocycles. The zero-order chi connectivity index (χ0) is 22.5. The van der Waals surface area contributed by atoms with Gasteiger partial charge in [0.25, 0.3) is 0 Å². The van der Waals surface area contributed by atoms with Crippen molar-refractivity contribution >= 4 is 58.4 Å². The van der Waals surface area contributed by atoms with Crippen molar-refractivity contribution in [3.63, 3.8) is 0 Å². The van der Waals surface area contributed by atoms with Gasteiger partial charge >= 0.3 is 5.97 Å². The lowest BCUT2D eigenvalue weighted by molar-refractivity contribution is -0.142. The van der Waals surface area contributed by atoms with Crippen molar-refractivity contribution in [2.45, 2.75) is 31.8 Å². The van der Waals surface area contributed by atoms with Crippen LogP contribution in [0.2, 0.25) is 0 Å². The van der Waals surface area contributed by atoms with Gasteiger partial charge in [-0.1, -0.05) is 12.1 Å². The fourth-order valence-corrected chi connectivity index (χ4v) is 3.75. The third-order valence-corrected chi connectivity index (χ3v) is 5.35. The number of amides is 2. The Bertz CT molecular complexity index is 685. The summed E-state index contributed by atoms with van der Waals surface area (Å²) >= 11 is 13.2. The number of carbonyl (C=O) groups is 3. The van der Waals surface area contributed by atoms with Crippen molar-refractivity contribution in [3.05, 3.63) is 29.8 Å². The maximum absolute atomic E-state index is 12.7. The fraction of sp³-hybridized carbons (Fsp3) is 0.550. The minimum Gasteiger partial charge on any atom is -0.480 e. The second-order valence-corrected chi connectivity index (χ2v) is 8.41. The van der Waals surface area contributed by atoms with Crippen molar-refractivity contribution in [2.75, 3.05) is 41.8 Å². The Labute approximate surface area is 191 Å². The number of anilines is 1. The second kappa shape index (κ2) is 14.4. The molecule has 0 fully saturated rings. The van der Waals surface area contributed by atoms with Crippen molar-refractivity contribution in [3.8, 4) is 0 Å². The second-order valence-electron chi connectivity index (χ2n) is 6.67. The molecule has 2 atom stereocenters. The quantitative estimate of drug-likeness (QED) is 0.355. The number of benzene rings is 1. The van der Waals surface area contributed by atoms with E-state index in [0.717, 1.165) is 11.3 Å². The first-order valence-electron chi connectivity index (χ1n) is 9.57. The Kier molecular flexibility index (Phi) is 12.7. The fourth-order valence-electron chi connectivity index (χ4n) is 2.87. The number of nitrogens with zero attached hydrogens (tertiary/aromatic N) is 1. The van der Waals surface area contributed by atoms with Crippen molar-refractivity contribution < 1.29 is 19.5 Å². The number of aliphatic carboxylic acids is 1. The van der Waals surface area contributed by atoms with Gasteiger partial charge in [-0.25, -0.2) is 4.79 Å². The molecule has 10 heteroatoms. The monoisotopic (exact) mass is 477 g/mol. The molecule has 1 rings (SSSR count). The van der Waals surface area contributed by atoms with Gasteiger partial charge in [0, 0.05) is 43.9 Å². The molecule has 168 valence electrons. The lowest BCUT2D eigenvalue weighted by Crippen LogP contribution is -2.52. The summed E-state index contributed by atoms with van der Waals surface area (Å²) in [6.45, 7) is 2.65. The molecule has 0 aliphatic rings. The van der Waals surface area contributed by atoms with Crippen LogP contribution in [0.25, 0.3) is 0 Å². The Morgan fingerprint density at radius 2 is 1.67 bits per heavy atom. The topological polar surface area (TPSA) is 98.7 Å². The number of carbonyl (C=O) groups excluding carboxylic acids is 2. The summed E-state index contributed by atoms with van der Waals surface area (Å²) in [5.74, 6) is -0.422. The molecular formula is C20H29Cl2N3O4S. The number of halogens is 2. The van der Waals surface area contributed by atoms with E-state index in [9.17, 15) is 19.5 Å². The number of carboxylic acid groups (broad SMARTS) is 1. The zero-order valence-electron chi connectivity index (χ0n) is 17.2. The Balaban J connectivity index is 2.89. The predicted octanol–water partition coefficient (Wildman–Crippen LogP) is 2.34. The average molecular weight is 478 g/mol. The van der Waals surface area contributed by atoms with E-state index in [1.165, 1.54) is 18.7 Å². The van der Waals surface area contributed by atoms with Crippen molar-refractivity contribution in [1.29, 1.82) is 0 Å². The van der Waals surface area contributed by atoms with Crippen LogP contribution in [-0.4, -0.2) is 71.8 Å². The summed E-state index contributed by atoms with van der Waals surface area (Å²) < 4.78 is 0. The van der Waals surface area contributed by atoms with Gasteiger partial charge in [-0.2, -0.15) is 11.8 Å². The summed E-state index contributed by atoms with van der Waals surface area (Å²) in [7, 11) is 0. The Hall–Kier alpha value is -1.64. The van der Waals surface area contributed by atoms with E-state index < -0.39 is 24.0 Å². The lowest BCUT2D eigenvalue weighted by atomic mass is 10.0. The zero-order valence-corrected chi connectivity index (χ0v) is 19.5. The number of alkyl halides is 2. The molecule has 1 aromatic rings.